The van der Waals surface area contributed by atoms with Gasteiger partial charge in [-0.2, -0.15) is 5.90 Å². The summed E-state index contributed by atoms with van der Waals surface area (Å²) in [5, 5.41) is 0. The van der Waals surface area contributed by atoms with E-state index in [1.165, 1.54) is 12.1 Å². The largest absolute Gasteiger partial charge is 0.370 e. The molecule has 0 saturated heterocycles. The summed E-state index contributed by atoms with van der Waals surface area (Å²) in [5.41, 5.74) is 0.230. The number of hydrogen-bond acceptors (Lipinski definition) is 3. The average Bonchev–Trinajstić information content (AvgIpc) is 2.05. The summed E-state index contributed by atoms with van der Waals surface area (Å²) < 4.78 is 12.3. The Balaban J connectivity index is 2.90. The minimum Gasteiger partial charge on any atom is -0.370 e. The molecule has 0 aliphatic rings. The van der Waals surface area contributed by atoms with Crippen LogP contribution in [0.2, 0.25) is 0 Å². The molecule has 0 aliphatic carbocycles. The van der Waals surface area contributed by atoms with Crippen LogP contribution in [0, 0.1) is 5.82 Å². The third-order valence-electron chi connectivity index (χ3n) is 1.19. The fraction of sp³-hybridized carbons (Fsp3) is 0. The Kier molecular flexibility index (Phi) is 2.18. The van der Waals surface area contributed by atoms with E-state index in [1.54, 1.807) is 0 Å². The molecule has 0 fully saturated rings. The number of nitrogens with two attached hydrogens (primary N) is 1. The molecule has 0 unspecified atom stereocenters. The van der Waals surface area contributed by atoms with E-state index in [-0.39, 0.29) is 5.56 Å². The molecule has 2 N–H and O–H groups in total. The number of halogens is 1. The molecule has 0 aromatic heterocycles. The van der Waals surface area contributed by atoms with Gasteiger partial charge < -0.3 is 4.84 Å². The summed E-state index contributed by atoms with van der Waals surface area (Å²) in [4.78, 5) is 14.6. The number of benzene rings is 1. The van der Waals surface area contributed by atoms with Crippen molar-refractivity contribution in [2.45, 2.75) is 0 Å². The molecular formula is C7H6FNO2. The highest BCUT2D eigenvalue weighted by Gasteiger charge is 2.03. The molecule has 0 bridgehead atoms. The van der Waals surface area contributed by atoms with Crippen molar-refractivity contribution in [2.24, 2.45) is 5.90 Å². The highest BCUT2D eigenvalue weighted by Crippen LogP contribution is 2.02. The van der Waals surface area contributed by atoms with Gasteiger partial charge in [-0.25, -0.2) is 9.18 Å². The van der Waals surface area contributed by atoms with Gasteiger partial charge in [-0.3, -0.25) is 0 Å². The zero-order valence-corrected chi connectivity index (χ0v) is 5.58. The van der Waals surface area contributed by atoms with Gasteiger partial charge in [0.2, 0.25) is 0 Å². The van der Waals surface area contributed by atoms with Crippen LogP contribution in [0.4, 0.5) is 4.39 Å². The zero-order valence-electron chi connectivity index (χ0n) is 5.58. The lowest BCUT2D eigenvalue weighted by atomic mass is 10.2. The molecule has 0 aliphatic heterocycles. The summed E-state index contributed by atoms with van der Waals surface area (Å²) in [5.74, 6) is 3.52. The molecule has 0 spiro atoms. The van der Waals surface area contributed by atoms with Crippen molar-refractivity contribution in [3.63, 3.8) is 0 Å². The summed E-state index contributed by atoms with van der Waals surface area (Å²) in [7, 11) is 0. The van der Waals surface area contributed by atoms with E-state index in [4.69, 9.17) is 0 Å². The zero-order chi connectivity index (χ0) is 8.27. The first kappa shape index (κ1) is 7.68. The fourth-order valence-corrected chi connectivity index (χ4v) is 0.654. The molecule has 58 valence electrons. The first-order valence-electron chi connectivity index (χ1n) is 2.90. The lowest BCUT2D eigenvalue weighted by molar-refractivity contribution is 0.0503. The van der Waals surface area contributed by atoms with E-state index in [0.717, 1.165) is 12.1 Å². The normalized spacial score (nSPS) is 9.27. The molecule has 1 rings (SSSR count). The van der Waals surface area contributed by atoms with E-state index in [1.807, 2.05) is 0 Å². The van der Waals surface area contributed by atoms with Crippen LogP contribution in [-0.2, 0) is 4.84 Å². The molecule has 0 amide bonds. The van der Waals surface area contributed by atoms with Gasteiger partial charge in [-0.1, -0.05) is 0 Å². The lowest BCUT2D eigenvalue weighted by Crippen LogP contribution is -2.09. The van der Waals surface area contributed by atoms with Crippen molar-refractivity contribution < 1.29 is 14.0 Å². The van der Waals surface area contributed by atoms with Crippen molar-refractivity contribution in [1.82, 2.24) is 0 Å². The van der Waals surface area contributed by atoms with Gasteiger partial charge in [0.05, 0.1) is 5.56 Å². The molecule has 11 heavy (non-hydrogen) atoms. The quantitative estimate of drug-likeness (QED) is 0.612. The minimum atomic E-state index is -0.676. The number of hydrogen-bond donors (Lipinski definition) is 1. The van der Waals surface area contributed by atoms with Crippen LogP contribution in [0.25, 0.3) is 0 Å². The minimum absolute atomic E-state index is 0.230. The van der Waals surface area contributed by atoms with E-state index >= 15 is 0 Å². The second-order valence-electron chi connectivity index (χ2n) is 1.91. The monoisotopic (exact) mass is 155 g/mol. The van der Waals surface area contributed by atoms with Crippen molar-refractivity contribution in [3.8, 4) is 0 Å². The molecule has 3 nitrogen and oxygen atoms in total. The van der Waals surface area contributed by atoms with Gasteiger partial charge in [0.25, 0.3) is 0 Å². The van der Waals surface area contributed by atoms with Crippen molar-refractivity contribution >= 4 is 5.97 Å². The average molecular weight is 155 g/mol. The second-order valence-corrected chi connectivity index (χ2v) is 1.91. The van der Waals surface area contributed by atoms with Gasteiger partial charge >= 0.3 is 5.97 Å². The van der Waals surface area contributed by atoms with Crippen LogP contribution in [0.1, 0.15) is 10.4 Å². The molecular weight excluding hydrogens is 149 g/mol. The Hall–Kier alpha value is -1.42. The van der Waals surface area contributed by atoms with Gasteiger partial charge in [0, 0.05) is 0 Å². The number of carbonyl (C=O) groups is 1. The highest BCUT2D eigenvalue weighted by atomic mass is 19.1. The maximum absolute atomic E-state index is 12.3. The molecule has 1 aromatic carbocycles. The number of rotatable bonds is 1. The second kappa shape index (κ2) is 3.12. The molecule has 0 radical (unpaired) electrons. The predicted octanol–water partition coefficient (Wildman–Crippen LogP) is 0.856. The maximum atomic E-state index is 12.3. The molecule has 1 aromatic rings. The SMILES string of the molecule is NOC(=O)c1ccc(F)cc1. The van der Waals surface area contributed by atoms with E-state index in [9.17, 15) is 9.18 Å². The van der Waals surface area contributed by atoms with E-state index in [0.29, 0.717) is 0 Å². The highest BCUT2D eigenvalue weighted by molar-refractivity contribution is 5.88. The lowest BCUT2D eigenvalue weighted by Gasteiger charge is -1.95. The van der Waals surface area contributed by atoms with Crippen LogP contribution in [0.5, 0.6) is 0 Å². The topological polar surface area (TPSA) is 52.3 Å². The molecule has 4 heteroatoms. The van der Waals surface area contributed by atoms with Gasteiger partial charge in [-0.15, -0.1) is 0 Å². The smallest absolute Gasteiger partial charge is 0.356 e. The molecule has 0 heterocycles. The van der Waals surface area contributed by atoms with Crippen LogP contribution in [0.15, 0.2) is 24.3 Å². The summed E-state index contributed by atoms with van der Waals surface area (Å²) in [6.45, 7) is 0. The molecule has 0 saturated carbocycles. The van der Waals surface area contributed by atoms with Crippen LogP contribution >= 0.6 is 0 Å². The van der Waals surface area contributed by atoms with Crippen molar-refractivity contribution in [1.29, 1.82) is 0 Å². The first-order valence-corrected chi connectivity index (χ1v) is 2.90. The van der Waals surface area contributed by atoms with Crippen LogP contribution in [-0.4, -0.2) is 5.97 Å². The predicted molar refractivity (Wildman–Crippen MR) is 36.0 cm³/mol. The van der Waals surface area contributed by atoms with Crippen molar-refractivity contribution in [2.75, 3.05) is 0 Å². The fourth-order valence-electron chi connectivity index (χ4n) is 0.654. The van der Waals surface area contributed by atoms with Crippen LogP contribution < -0.4 is 5.90 Å². The van der Waals surface area contributed by atoms with E-state index in [2.05, 4.69) is 10.7 Å². The number of carbonyl (C=O) groups excluding carboxylic acids is 1. The maximum Gasteiger partial charge on any atom is 0.356 e. The first-order chi connectivity index (χ1) is 5.24. The third kappa shape index (κ3) is 1.75. The van der Waals surface area contributed by atoms with Crippen LogP contribution in [0.3, 0.4) is 0 Å². The van der Waals surface area contributed by atoms with Crippen molar-refractivity contribution in [3.05, 3.63) is 35.6 Å². The summed E-state index contributed by atoms with van der Waals surface area (Å²) in [6.07, 6.45) is 0. The summed E-state index contributed by atoms with van der Waals surface area (Å²) in [6, 6.07) is 4.91. The van der Waals surface area contributed by atoms with E-state index < -0.39 is 11.8 Å². The Morgan fingerprint density at radius 3 is 2.36 bits per heavy atom. The van der Waals surface area contributed by atoms with Gasteiger partial charge in [0.1, 0.15) is 5.82 Å². The summed E-state index contributed by atoms with van der Waals surface area (Å²) >= 11 is 0. The molecule has 0 atom stereocenters. The van der Waals surface area contributed by atoms with Gasteiger partial charge in [-0.05, 0) is 24.3 Å². The standard InChI is InChI=1S/C7H6FNO2/c8-6-3-1-5(2-4-6)7(10)11-9/h1-4H,9H2. The Morgan fingerprint density at radius 1 is 1.36 bits per heavy atom. The van der Waals surface area contributed by atoms with Gasteiger partial charge in [0.15, 0.2) is 0 Å². The third-order valence-corrected chi connectivity index (χ3v) is 1.19. The Bertz CT molecular complexity index is 258. The Morgan fingerprint density at radius 2 is 1.91 bits per heavy atom. The Labute approximate surface area is 62.5 Å².